The van der Waals surface area contributed by atoms with Crippen molar-refractivity contribution in [3.05, 3.63) is 18.5 Å². The molecule has 106 valence electrons. The average molecular weight is 264 g/mol. The first-order valence-electron chi connectivity index (χ1n) is 7.23. The number of amides is 1. The maximum absolute atomic E-state index is 12.4. The van der Waals surface area contributed by atoms with Crippen LogP contribution in [0, 0.1) is 5.92 Å². The van der Waals surface area contributed by atoms with Crippen LogP contribution in [-0.4, -0.2) is 39.7 Å². The third kappa shape index (κ3) is 3.35. The minimum atomic E-state index is 0.225. The number of nitrogens with two attached hydrogens (primary N) is 1. The second-order valence-corrected chi connectivity index (χ2v) is 5.19. The van der Waals surface area contributed by atoms with Crippen LogP contribution >= 0.6 is 0 Å². The van der Waals surface area contributed by atoms with Gasteiger partial charge in [-0.05, 0) is 38.3 Å². The topological polar surface area (TPSA) is 64.2 Å². The Hall–Kier alpha value is -1.36. The van der Waals surface area contributed by atoms with Crippen LogP contribution in [-0.2, 0) is 11.3 Å². The van der Waals surface area contributed by atoms with Gasteiger partial charge in [-0.2, -0.15) is 5.10 Å². The minimum Gasteiger partial charge on any atom is -0.340 e. The second kappa shape index (κ2) is 6.70. The van der Waals surface area contributed by atoms with E-state index < -0.39 is 0 Å². The van der Waals surface area contributed by atoms with Gasteiger partial charge in [0.15, 0.2) is 0 Å². The fourth-order valence-electron chi connectivity index (χ4n) is 3.08. The first-order chi connectivity index (χ1) is 9.26. The molecule has 0 radical (unpaired) electrons. The van der Waals surface area contributed by atoms with Gasteiger partial charge in [0.05, 0.1) is 0 Å². The third-order valence-corrected chi connectivity index (χ3v) is 4.10. The van der Waals surface area contributed by atoms with Gasteiger partial charge in [-0.15, -0.1) is 0 Å². The predicted octanol–water partition coefficient (Wildman–Crippen LogP) is 1.25. The normalized spacial score (nSPS) is 22.6. The second-order valence-electron chi connectivity index (χ2n) is 5.19. The Morgan fingerprint density at radius 2 is 2.37 bits per heavy atom. The van der Waals surface area contributed by atoms with Gasteiger partial charge in [0.1, 0.15) is 0 Å². The molecule has 5 heteroatoms. The molecule has 0 spiro atoms. The number of nitrogens with zero attached hydrogens (tertiary/aromatic N) is 3. The van der Waals surface area contributed by atoms with Crippen molar-refractivity contribution in [1.29, 1.82) is 0 Å². The Labute approximate surface area is 114 Å². The van der Waals surface area contributed by atoms with Gasteiger partial charge in [-0.25, -0.2) is 0 Å². The van der Waals surface area contributed by atoms with Crippen LogP contribution in [0.4, 0.5) is 0 Å². The van der Waals surface area contributed by atoms with E-state index in [-0.39, 0.29) is 5.91 Å². The van der Waals surface area contributed by atoms with Crippen LogP contribution in [0.3, 0.4) is 0 Å². The molecule has 1 saturated carbocycles. The van der Waals surface area contributed by atoms with E-state index in [1.165, 1.54) is 6.42 Å². The average Bonchev–Trinajstić information content (AvgIpc) is 3.08. The largest absolute Gasteiger partial charge is 0.340 e. The molecule has 0 aliphatic heterocycles. The highest BCUT2D eigenvalue weighted by molar-refractivity contribution is 5.76. The van der Waals surface area contributed by atoms with Crippen molar-refractivity contribution < 1.29 is 4.79 Å². The first kappa shape index (κ1) is 14.1. The molecule has 0 saturated heterocycles. The lowest BCUT2D eigenvalue weighted by Gasteiger charge is -2.32. The van der Waals surface area contributed by atoms with E-state index in [1.807, 2.05) is 17.2 Å². The molecule has 19 heavy (non-hydrogen) atoms. The fourth-order valence-corrected chi connectivity index (χ4v) is 3.08. The number of carbonyl (C=O) groups is 1. The summed E-state index contributed by atoms with van der Waals surface area (Å²) in [7, 11) is 0. The number of hydrogen-bond acceptors (Lipinski definition) is 3. The monoisotopic (exact) mass is 264 g/mol. The number of aromatic nitrogens is 2. The first-order valence-corrected chi connectivity index (χ1v) is 7.23. The molecule has 1 amide bonds. The highest BCUT2D eigenvalue weighted by atomic mass is 16.2. The van der Waals surface area contributed by atoms with E-state index in [4.69, 9.17) is 5.73 Å². The maximum Gasteiger partial charge on any atom is 0.224 e. The summed E-state index contributed by atoms with van der Waals surface area (Å²) in [6.45, 7) is 4.17. The number of rotatable bonds is 6. The van der Waals surface area contributed by atoms with Crippen molar-refractivity contribution in [2.45, 2.75) is 45.2 Å². The van der Waals surface area contributed by atoms with Crippen molar-refractivity contribution in [2.75, 3.05) is 13.1 Å². The van der Waals surface area contributed by atoms with E-state index in [0.717, 1.165) is 19.4 Å². The lowest BCUT2D eigenvalue weighted by atomic mass is 10.0. The molecule has 2 rings (SSSR count). The number of hydrogen-bond donors (Lipinski definition) is 1. The Kier molecular flexibility index (Phi) is 4.96. The standard InChI is InChI=1S/C14H24N4O/c1-2-18(13-6-3-5-12(13)11-15)14(19)7-10-17-9-4-8-16-17/h4,8-9,12-13H,2-3,5-7,10-11,15H2,1H3. The molecule has 1 aliphatic carbocycles. The minimum absolute atomic E-state index is 0.225. The van der Waals surface area contributed by atoms with Gasteiger partial charge >= 0.3 is 0 Å². The molecule has 1 fully saturated rings. The van der Waals surface area contributed by atoms with E-state index in [1.54, 1.807) is 10.9 Å². The molecule has 1 aliphatic rings. The molecule has 2 atom stereocenters. The number of aryl methyl sites for hydroxylation is 1. The zero-order valence-electron chi connectivity index (χ0n) is 11.7. The molecule has 1 aromatic heterocycles. The highest BCUT2D eigenvalue weighted by Crippen LogP contribution is 2.29. The van der Waals surface area contributed by atoms with Crippen LogP contribution in [0.25, 0.3) is 0 Å². The van der Waals surface area contributed by atoms with Crippen molar-refractivity contribution >= 4 is 5.91 Å². The SMILES string of the molecule is CCN(C(=O)CCn1cccn1)C1CCCC1CN. The van der Waals surface area contributed by atoms with Crippen molar-refractivity contribution in [1.82, 2.24) is 14.7 Å². The summed E-state index contributed by atoms with van der Waals surface area (Å²) in [4.78, 5) is 14.4. The van der Waals surface area contributed by atoms with Gasteiger partial charge in [-0.3, -0.25) is 9.48 Å². The lowest BCUT2D eigenvalue weighted by Crippen LogP contribution is -2.44. The zero-order chi connectivity index (χ0) is 13.7. The molecule has 2 N–H and O–H groups in total. The number of carbonyl (C=O) groups excluding carboxylic acids is 1. The summed E-state index contributed by atoms with van der Waals surface area (Å²) in [5, 5.41) is 4.13. The van der Waals surface area contributed by atoms with E-state index in [0.29, 0.717) is 31.5 Å². The zero-order valence-corrected chi connectivity index (χ0v) is 11.7. The fraction of sp³-hybridized carbons (Fsp3) is 0.714. The third-order valence-electron chi connectivity index (χ3n) is 4.10. The van der Waals surface area contributed by atoms with Crippen LogP contribution in [0.1, 0.15) is 32.6 Å². The maximum atomic E-state index is 12.4. The van der Waals surface area contributed by atoms with Crippen LogP contribution < -0.4 is 5.73 Å². The molecule has 1 heterocycles. The van der Waals surface area contributed by atoms with E-state index in [2.05, 4.69) is 12.0 Å². The Bertz CT molecular complexity index is 390. The smallest absolute Gasteiger partial charge is 0.224 e. The lowest BCUT2D eigenvalue weighted by molar-refractivity contribution is -0.134. The van der Waals surface area contributed by atoms with Gasteiger partial charge in [-0.1, -0.05) is 6.42 Å². The van der Waals surface area contributed by atoms with Gasteiger partial charge in [0, 0.05) is 37.9 Å². The molecule has 0 bridgehead atoms. The molecular formula is C14H24N4O. The summed E-state index contributed by atoms with van der Waals surface area (Å²) in [6, 6.07) is 2.23. The Morgan fingerprint density at radius 3 is 3.00 bits per heavy atom. The quantitative estimate of drug-likeness (QED) is 0.841. The molecule has 5 nitrogen and oxygen atoms in total. The van der Waals surface area contributed by atoms with Crippen LogP contribution in [0.15, 0.2) is 18.5 Å². The summed E-state index contributed by atoms with van der Waals surface area (Å²) >= 11 is 0. The summed E-state index contributed by atoms with van der Waals surface area (Å²) < 4.78 is 1.81. The summed E-state index contributed by atoms with van der Waals surface area (Å²) in [5.41, 5.74) is 5.82. The van der Waals surface area contributed by atoms with E-state index in [9.17, 15) is 4.79 Å². The Morgan fingerprint density at radius 1 is 1.53 bits per heavy atom. The van der Waals surface area contributed by atoms with Crippen molar-refractivity contribution in [3.8, 4) is 0 Å². The van der Waals surface area contributed by atoms with Crippen LogP contribution in [0.2, 0.25) is 0 Å². The summed E-state index contributed by atoms with van der Waals surface area (Å²) in [6.07, 6.45) is 7.59. The molecular weight excluding hydrogens is 240 g/mol. The molecule has 2 unspecified atom stereocenters. The highest BCUT2D eigenvalue weighted by Gasteiger charge is 2.32. The van der Waals surface area contributed by atoms with Crippen LogP contribution in [0.5, 0.6) is 0 Å². The molecule has 1 aromatic rings. The Balaban J connectivity index is 1.91. The van der Waals surface area contributed by atoms with E-state index >= 15 is 0 Å². The van der Waals surface area contributed by atoms with Gasteiger partial charge in [0.2, 0.25) is 5.91 Å². The van der Waals surface area contributed by atoms with Crippen molar-refractivity contribution in [2.24, 2.45) is 11.7 Å². The van der Waals surface area contributed by atoms with Gasteiger partial charge < -0.3 is 10.6 Å². The van der Waals surface area contributed by atoms with Gasteiger partial charge in [0.25, 0.3) is 0 Å². The molecule has 0 aromatic carbocycles. The summed E-state index contributed by atoms with van der Waals surface area (Å²) in [5.74, 6) is 0.706. The predicted molar refractivity (Wildman–Crippen MR) is 74.4 cm³/mol. The van der Waals surface area contributed by atoms with Crippen molar-refractivity contribution in [3.63, 3.8) is 0 Å².